The number of ketones is 1. The van der Waals surface area contributed by atoms with Crippen LogP contribution in [0.1, 0.15) is 86.1 Å². The second-order valence-corrected chi connectivity index (χ2v) is 15.0. The van der Waals surface area contributed by atoms with Gasteiger partial charge in [-0.1, -0.05) is 20.8 Å². The number of methoxy groups -OCH3 is 1. The fourth-order valence-corrected chi connectivity index (χ4v) is 7.31. The maximum atomic E-state index is 14.3. The summed E-state index contributed by atoms with van der Waals surface area (Å²) in [6.45, 7) is 14.7. The molecule has 1 amide bonds. The Hall–Kier alpha value is -2.55. The molecule has 278 valence electrons. The molecule has 13 heteroatoms. The molecule has 0 aromatic carbocycles. The van der Waals surface area contributed by atoms with E-state index in [1.54, 1.807) is 40.3 Å². The molecule has 0 saturated carbocycles. The third kappa shape index (κ3) is 10.7. The lowest BCUT2D eigenvalue weighted by atomic mass is 9.74. The molecule has 2 fully saturated rings. The molecule has 2 aliphatic heterocycles. The van der Waals surface area contributed by atoms with E-state index in [1.165, 1.54) is 6.33 Å². The van der Waals surface area contributed by atoms with E-state index in [0.29, 0.717) is 32.4 Å². The van der Waals surface area contributed by atoms with Gasteiger partial charge in [0.2, 0.25) is 5.91 Å². The molecule has 0 unspecified atom stereocenters. The predicted molar refractivity (Wildman–Crippen MR) is 184 cm³/mol. The number of carbonyl (C=O) groups is 3. The summed E-state index contributed by atoms with van der Waals surface area (Å²) in [5, 5.41) is 14.3. The average molecular weight is 692 g/mol. The van der Waals surface area contributed by atoms with Crippen molar-refractivity contribution in [1.29, 1.82) is 0 Å². The number of aromatic nitrogens is 2. The van der Waals surface area contributed by atoms with E-state index in [1.807, 2.05) is 32.8 Å². The first-order chi connectivity index (χ1) is 23.0. The van der Waals surface area contributed by atoms with E-state index >= 15 is 0 Å². The molecular weight excluding hydrogens is 630 g/mol. The van der Waals surface area contributed by atoms with Gasteiger partial charge in [-0.25, -0.2) is 9.97 Å². The smallest absolute Gasteiger partial charge is 0.319 e. The summed E-state index contributed by atoms with van der Waals surface area (Å²) >= 11 is 0. The fraction of sp³-hybridized carbons (Fsp3) is 0.806. The highest BCUT2D eigenvalue weighted by atomic mass is 16.7. The van der Waals surface area contributed by atoms with Crippen molar-refractivity contribution in [2.75, 3.05) is 40.9 Å². The Morgan fingerprint density at radius 2 is 1.84 bits per heavy atom. The molecule has 2 saturated heterocycles. The highest BCUT2D eigenvalue weighted by Crippen LogP contribution is 2.38. The number of hydrogen-bond donors (Lipinski definition) is 2. The largest absolute Gasteiger partial charge is 0.463 e. The third-order valence-electron chi connectivity index (χ3n) is 10.2. The van der Waals surface area contributed by atoms with E-state index < -0.39 is 41.4 Å². The van der Waals surface area contributed by atoms with Gasteiger partial charge in [0.05, 0.1) is 17.8 Å². The highest BCUT2D eigenvalue weighted by Gasteiger charge is 2.51. The van der Waals surface area contributed by atoms with Crippen LogP contribution >= 0.6 is 0 Å². The quantitative estimate of drug-likeness (QED) is 0.259. The van der Waals surface area contributed by atoms with Crippen molar-refractivity contribution in [1.82, 2.24) is 25.1 Å². The normalized spacial score (nSPS) is 33.6. The van der Waals surface area contributed by atoms with Gasteiger partial charge in [0.25, 0.3) is 0 Å². The van der Waals surface area contributed by atoms with Crippen LogP contribution in [-0.4, -0.2) is 126 Å². The molecule has 2 aliphatic rings. The van der Waals surface area contributed by atoms with Crippen LogP contribution in [0.15, 0.2) is 18.7 Å². The van der Waals surface area contributed by atoms with Crippen LogP contribution in [0.4, 0.5) is 0 Å². The van der Waals surface area contributed by atoms with Crippen molar-refractivity contribution in [2.24, 2.45) is 17.3 Å². The van der Waals surface area contributed by atoms with Crippen LogP contribution in [0.5, 0.6) is 0 Å². The number of likely N-dealkylation sites (N-methyl/N-ethyl adjacent to an activating group) is 1. The van der Waals surface area contributed by atoms with Gasteiger partial charge in [0.15, 0.2) is 12.1 Å². The number of cyclic esters (lactones) is 1. The lowest BCUT2D eigenvalue weighted by molar-refractivity contribution is -0.295. The number of aliphatic hydroxyl groups excluding tert-OH is 1. The van der Waals surface area contributed by atoms with Crippen molar-refractivity contribution in [3.05, 3.63) is 24.3 Å². The summed E-state index contributed by atoms with van der Waals surface area (Å²) < 4.78 is 24.9. The maximum absolute atomic E-state index is 14.3. The number of carbonyl (C=O) groups excluding carboxylic acids is 3. The Kier molecular flexibility index (Phi) is 15.1. The van der Waals surface area contributed by atoms with Crippen molar-refractivity contribution < 1.29 is 38.4 Å². The Balaban J connectivity index is 1.92. The minimum Gasteiger partial charge on any atom is -0.463 e. The third-order valence-corrected chi connectivity index (χ3v) is 10.2. The van der Waals surface area contributed by atoms with Crippen LogP contribution in [0.2, 0.25) is 0 Å². The monoisotopic (exact) mass is 691 g/mol. The lowest BCUT2D eigenvalue weighted by Crippen LogP contribution is -2.59. The first-order valence-electron chi connectivity index (χ1n) is 17.7. The molecule has 2 N–H and O–H groups in total. The zero-order valence-electron chi connectivity index (χ0n) is 31.3. The van der Waals surface area contributed by atoms with Crippen LogP contribution in [0.3, 0.4) is 0 Å². The number of Topliss-reactive ketones (excluding diaryl/α,β-unsaturated/α-hetero) is 1. The summed E-state index contributed by atoms with van der Waals surface area (Å²) in [4.78, 5) is 53.1. The van der Waals surface area contributed by atoms with Gasteiger partial charge < -0.3 is 34.3 Å². The summed E-state index contributed by atoms with van der Waals surface area (Å²) in [7, 11) is 5.42. The minimum absolute atomic E-state index is 0.0455. The van der Waals surface area contributed by atoms with Gasteiger partial charge in [-0.05, 0) is 79.9 Å². The van der Waals surface area contributed by atoms with Crippen molar-refractivity contribution in [3.8, 4) is 0 Å². The van der Waals surface area contributed by atoms with Gasteiger partial charge in [0, 0.05) is 62.6 Å². The number of aliphatic hydroxyl groups is 1. The zero-order valence-corrected chi connectivity index (χ0v) is 31.3. The first-order valence-corrected chi connectivity index (χ1v) is 17.7. The van der Waals surface area contributed by atoms with Crippen LogP contribution < -0.4 is 5.32 Å². The molecular formula is C36H61N5O8. The molecule has 49 heavy (non-hydrogen) atoms. The molecule has 3 rings (SSSR count). The summed E-state index contributed by atoms with van der Waals surface area (Å²) in [5.41, 5.74) is -1.70. The lowest BCUT2D eigenvalue weighted by Gasteiger charge is -2.47. The molecule has 1 aromatic heterocycles. The van der Waals surface area contributed by atoms with E-state index in [2.05, 4.69) is 34.0 Å². The molecule has 3 heterocycles. The summed E-state index contributed by atoms with van der Waals surface area (Å²) in [5.74, 6) is -1.88. The highest BCUT2D eigenvalue weighted by molar-refractivity contribution is 6.04. The van der Waals surface area contributed by atoms with Gasteiger partial charge in [-0.2, -0.15) is 0 Å². The standard InChI is InChI=1S/C36H61N5O8/c1-11-14-41-20-23(2)16-36(7,46-10)32(49-33-30(43)28(40(8)9)15-24(3)48-33)25(4)31(44)35(5,6)34(45)47-21-27(41)12-13-29(42)39-19-26-17-37-22-38-18-26/h17-18,22-25,27-28,30,32-33,43H,11-16,19-21H2,1-10H3,(H,39,42)/t23-,24-,25+,27-,28+,30-,32-,33+,36-/m1/s1. The van der Waals surface area contributed by atoms with Gasteiger partial charge >= 0.3 is 5.97 Å². The number of ether oxygens (including phenoxy) is 4. The predicted octanol–water partition coefficient (Wildman–Crippen LogP) is 2.98. The van der Waals surface area contributed by atoms with E-state index in [4.69, 9.17) is 18.9 Å². The molecule has 0 spiro atoms. The Morgan fingerprint density at radius 3 is 2.45 bits per heavy atom. The van der Waals surface area contributed by atoms with E-state index in [9.17, 15) is 19.5 Å². The SMILES string of the molecule is CCCN1C[C@H](C)C[C@@](C)(OC)[C@H](O[C@@H]2O[C@H](C)C[C@H](N(C)C)[C@H]2O)[C@@H](C)C(=O)C(C)(C)C(=O)OC[C@H]1CCC(=O)NCc1cncnc1. The van der Waals surface area contributed by atoms with Gasteiger partial charge in [-0.3, -0.25) is 19.3 Å². The van der Waals surface area contributed by atoms with Crippen molar-refractivity contribution >= 4 is 17.7 Å². The Morgan fingerprint density at radius 1 is 1.16 bits per heavy atom. The van der Waals surface area contributed by atoms with Gasteiger partial charge in [0.1, 0.15) is 24.5 Å². The maximum Gasteiger partial charge on any atom is 0.319 e. The topological polar surface area (TPSA) is 153 Å². The average Bonchev–Trinajstić information content (AvgIpc) is 3.06. The van der Waals surface area contributed by atoms with Crippen molar-refractivity contribution in [2.45, 2.75) is 129 Å². The minimum atomic E-state index is -1.50. The molecule has 13 nitrogen and oxygen atoms in total. The zero-order chi connectivity index (χ0) is 36.5. The first kappa shape index (κ1) is 40.9. The number of hydrogen-bond acceptors (Lipinski definition) is 12. The second kappa shape index (κ2) is 18.1. The fourth-order valence-electron chi connectivity index (χ4n) is 7.31. The van der Waals surface area contributed by atoms with E-state index in [0.717, 1.165) is 18.5 Å². The summed E-state index contributed by atoms with van der Waals surface area (Å²) in [6.07, 6.45) is 4.42. The van der Waals surface area contributed by atoms with E-state index in [-0.39, 0.29) is 48.8 Å². The number of rotatable bonds is 11. The molecule has 0 aliphatic carbocycles. The number of amides is 1. The summed E-state index contributed by atoms with van der Waals surface area (Å²) in [6, 6.07) is -0.458. The molecule has 1 aromatic rings. The molecule has 0 radical (unpaired) electrons. The second-order valence-electron chi connectivity index (χ2n) is 15.0. The molecule has 9 atom stereocenters. The number of nitrogens with zero attached hydrogens (tertiary/aromatic N) is 4. The number of esters is 1. The Labute approximate surface area is 292 Å². The van der Waals surface area contributed by atoms with Crippen LogP contribution in [-0.2, 0) is 39.9 Å². The Bertz CT molecular complexity index is 1220. The number of nitrogens with one attached hydrogen (secondary N) is 1. The van der Waals surface area contributed by atoms with Gasteiger partial charge in [-0.15, -0.1) is 0 Å². The van der Waals surface area contributed by atoms with Crippen molar-refractivity contribution in [3.63, 3.8) is 0 Å². The van der Waals surface area contributed by atoms with Crippen LogP contribution in [0.25, 0.3) is 0 Å². The molecule has 0 bridgehead atoms. The van der Waals surface area contributed by atoms with Crippen LogP contribution in [0, 0.1) is 17.3 Å².